The summed E-state index contributed by atoms with van der Waals surface area (Å²) in [7, 11) is -0.288. The number of halogens is 3. The Bertz CT molecular complexity index is 818. The van der Waals surface area contributed by atoms with Crippen LogP contribution in [0.1, 0.15) is 44.6 Å². The van der Waals surface area contributed by atoms with E-state index >= 15 is 0 Å². The number of rotatable bonds is 6. The molecule has 0 aromatic heterocycles. The standard InChI is InChI=1S/C21H29F3N2O2S/c1-4-15-25(2)16-5-6-17-7-11-19(12-8-17)26(3)29(27,28)20-13-9-18(10-14-20)21(22,23)24/h9-10,13-14,17,19H,4,7-8,11-12,15-16H2,1-3H3/t17-,19-. The van der Waals surface area contributed by atoms with Crippen molar-refractivity contribution in [2.75, 3.05) is 27.2 Å². The Hall–Kier alpha value is -1.56. The fourth-order valence-electron chi connectivity index (χ4n) is 3.55. The minimum Gasteiger partial charge on any atom is -0.295 e. The first-order valence-electron chi connectivity index (χ1n) is 9.88. The topological polar surface area (TPSA) is 40.6 Å². The molecular formula is C21H29F3N2O2S. The molecule has 1 aliphatic carbocycles. The summed E-state index contributed by atoms with van der Waals surface area (Å²) in [6, 6.07) is 3.51. The Balaban J connectivity index is 1.96. The fraction of sp³-hybridized carbons (Fsp3) is 0.619. The van der Waals surface area contributed by atoms with Gasteiger partial charge in [-0.3, -0.25) is 4.90 Å². The molecular weight excluding hydrogens is 401 g/mol. The monoisotopic (exact) mass is 430 g/mol. The highest BCUT2D eigenvalue weighted by atomic mass is 32.2. The van der Waals surface area contributed by atoms with Crippen molar-refractivity contribution in [2.45, 2.75) is 56.1 Å². The van der Waals surface area contributed by atoms with Gasteiger partial charge in [0.05, 0.1) is 17.0 Å². The molecule has 0 radical (unpaired) electrons. The van der Waals surface area contributed by atoms with Gasteiger partial charge in [0.2, 0.25) is 10.0 Å². The molecule has 0 N–H and O–H groups in total. The van der Waals surface area contributed by atoms with Crippen molar-refractivity contribution >= 4 is 10.0 Å². The van der Waals surface area contributed by atoms with Crippen LogP contribution < -0.4 is 0 Å². The van der Waals surface area contributed by atoms with E-state index in [0.29, 0.717) is 12.8 Å². The van der Waals surface area contributed by atoms with Crippen molar-refractivity contribution in [1.82, 2.24) is 9.21 Å². The summed E-state index contributed by atoms with van der Waals surface area (Å²) >= 11 is 0. The first-order valence-corrected chi connectivity index (χ1v) is 11.3. The van der Waals surface area contributed by atoms with E-state index in [2.05, 4.69) is 23.7 Å². The second kappa shape index (κ2) is 9.96. The third kappa shape index (κ3) is 6.46. The molecule has 0 heterocycles. The summed E-state index contributed by atoms with van der Waals surface area (Å²) in [5.41, 5.74) is -0.859. The van der Waals surface area contributed by atoms with E-state index in [9.17, 15) is 21.6 Å². The van der Waals surface area contributed by atoms with Gasteiger partial charge < -0.3 is 0 Å². The molecule has 0 saturated heterocycles. The third-order valence-electron chi connectivity index (χ3n) is 5.33. The molecule has 0 unspecified atom stereocenters. The molecule has 4 nitrogen and oxygen atoms in total. The van der Waals surface area contributed by atoms with E-state index in [1.165, 1.54) is 11.4 Å². The molecule has 1 fully saturated rings. The van der Waals surface area contributed by atoms with Gasteiger partial charge in [-0.25, -0.2) is 8.42 Å². The number of benzene rings is 1. The van der Waals surface area contributed by atoms with Crippen molar-refractivity contribution in [3.8, 4) is 11.8 Å². The normalized spacial score (nSPS) is 20.6. The van der Waals surface area contributed by atoms with Crippen molar-refractivity contribution in [3.05, 3.63) is 29.8 Å². The highest BCUT2D eigenvalue weighted by Gasteiger charge is 2.33. The molecule has 162 valence electrons. The maximum Gasteiger partial charge on any atom is 0.416 e. The summed E-state index contributed by atoms with van der Waals surface area (Å²) < 4.78 is 65.0. The molecule has 0 bridgehead atoms. The largest absolute Gasteiger partial charge is 0.416 e. The highest BCUT2D eigenvalue weighted by molar-refractivity contribution is 7.89. The zero-order valence-electron chi connectivity index (χ0n) is 17.2. The van der Waals surface area contributed by atoms with Crippen LogP contribution in [0.25, 0.3) is 0 Å². The van der Waals surface area contributed by atoms with E-state index in [1.54, 1.807) is 0 Å². The van der Waals surface area contributed by atoms with Crippen LogP contribution in [0.2, 0.25) is 0 Å². The van der Waals surface area contributed by atoms with Crippen LogP contribution in [-0.2, 0) is 16.2 Å². The average Bonchev–Trinajstić information content (AvgIpc) is 2.67. The smallest absolute Gasteiger partial charge is 0.295 e. The predicted octanol–water partition coefficient (Wildman–Crippen LogP) is 4.23. The summed E-state index contributed by atoms with van der Waals surface area (Å²) in [6.07, 6.45) is -0.368. The van der Waals surface area contributed by atoms with Gasteiger partial charge in [-0.1, -0.05) is 18.8 Å². The predicted molar refractivity (Wildman–Crippen MR) is 108 cm³/mol. The fourth-order valence-corrected chi connectivity index (χ4v) is 4.96. The van der Waals surface area contributed by atoms with E-state index in [4.69, 9.17) is 0 Å². The maximum absolute atomic E-state index is 12.8. The van der Waals surface area contributed by atoms with Crippen molar-refractivity contribution in [3.63, 3.8) is 0 Å². The van der Waals surface area contributed by atoms with Crippen LogP contribution in [0, 0.1) is 17.8 Å². The summed E-state index contributed by atoms with van der Waals surface area (Å²) in [5.74, 6) is 6.77. The molecule has 1 aromatic carbocycles. The minimum absolute atomic E-state index is 0.117. The van der Waals surface area contributed by atoms with E-state index in [1.807, 2.05) is 7.05 Å². The van der Waals surface area contributed by atoms with Gasteiger partial charge in [-0.15, -0.1) is 0 Å². The van der Waals surface area contributed by atoms with Gasteiger partial charge in [-0.05, 0) is 70.0 Å². The maximum atomic E-state index is 12.8. The summed E-state index contributed by atoms with van der Waals surface area (Å²) in [6.45, 7) is 3.87. The molecule has 1 aromatic rings. The van der Waals surface area contributed by atoms with E-state index in [0.717, 1.165) is 56.6 Å². The molecule has 1 aliphatic rings. The van der Waals surface area contributed by atoms with Gasteiger partial charge in [0.15, 0.2) is 0 Å². The van der Waals surface area contributed by atoms with Crippen LogP contribution >= 0.6 is 0 Å². The average molecular weight is 431 g/mol. The minimum atomic E-state index is -4.49. The van der Waals surface area contributed by atoms with E-state index < -0.39 is 21.8 Å². The highest BCUT2D eigenvalue weighted by Crippen LogP contribution is 2.32. The van der Waals surface area contributed by atoms with Gasteiger partial charge in [0.25, 0.3) is 0 Å². The van der Waals surface area contributed by atoms with Crippen molar-refractivity contribution in [1.29, 1.82) is 0 Å². The Morgan fingerprint density at radius 3 is 2.17 bits per heavy atom. The molecule has 1 saturated carbocycles. The number of nitrogens with zero attached hydrogens (tertiary/aromatic N) is 2. The number of alkyl halides is 3. The Morgan fingerprint density at radius 1 is 1.07 bits per heavy atom. The Kier molecular flexibility index (Phi) is 8.15. The lowest BCUT2D eigenvalue weighted by atomic mass is 9.86. The lowest BCUT2D eigenvalue weighted by molar-refractivity contribution is -0.137. The van der Waals surface area contributed by atoms with Gasteiger partial charge in [0.1, 0.15) is 0 Å². The molecule has 0 amide bonds. The third-order valence-corrected chi connectivity index (χ3v) is 7.25. The van der Waals surface area contributed by atoms with Crippen LogP contribution in [0.4, 0.5) is 13.2 Å². The second-order valence-electron chi connectivity index (χ2n) is 7.61. The zero-order valence-corrected chi connectivity index (χ0v) is 18.0. The van der Waals surface area contributed by atoms with Gasteiger partial charge in [0, 0.05) is 19.0 Å². The van der Waals surface area contributed by atoms with Crippen LogP contribution in [0.5, 0.6) is 0 Å². The lowest BCUT2D eigenvalue weighted by Gasteiger charge is -2.32. The Morgan fingerprint density at radius 2 is 1.66 bits per heavy atom. The van der Waals surface area contributed by atoms with Crippen LogP contribution in [0.15, 0.2) is 29.2 Å². The summed E-state index contributed by atoms with van der Waals surface area (Å²) in [4.78, 5) is 2.05. The van der Waals surface area contributed by atoms with Crippen molar-refractivity contribution < 1.29 is 21.6 Å². The Labute approximate surface area is 172 Å². The SMILES string of the molecule is CCCN(C)CC#C[C@H]1CC[C@H](N(C)S(=O)(=O)c2ccc(C(F)(F)F)cc2)CC1. The lowest BCUT2D eigenvalue weighted by Crippen LogP contribution is -2.39. The number of hydrogen-bond acceptors (Lipinski definition) is 3. The zero-order chi connectivity index (χ0) is 21.7. The van der Waals surface area contributed by atoms with E-state index in [-0.39, 0.29) is 16.9 Å². The molecule has 0 spiro atoms. The molecule has 8 heteroatoms. The second-order valence-corrected chi connectivity index (χ2v) is 9.61. The quantitative estimate of drug-likeness (QED) is 0.634. The molecule has 2 rings (SSSR count). The van der Waals surface area contributed by atoms with Gasteiger partial charge in [-0.2, -0.15) is 17.5 Å². The van der Waals surface area contributed by atoms with Crippen LogP contribution in [0.3, 0.4) is 0 Å². The number of sulfonamides is 1. The molecule has 0 aliphatic heterocycles. The number of hydrogen-bond donors (Lipinski definition) is 0. The van der Waals surface area contributed by atoms with Crippen LogP contribution in [-0.4, -0.2) is 50.8 Å². The van der Waals surface area contributed by atoms with Crippen molar-refractivity contribution in [2.24, 2.45) is 5.92 Å². The molecule has 29 heavy (non-hydrogen) atoms. The summed E-state index contributed by atoms with van der Waals surface area (Å²) in [5, 5.41) is 0. The first-order chi connectivity index (χ1) is 13.6. The first kappa shape index (κ1) is 23.7. The molecule has 0 atom stereocenters. The van der Waals surface area contributed by atoms with Gasteiger partial charge >= 0.3 is 6.18 Å².